The van der Waals surface area contributed by atoms with Gasteiger partial charge in [-0.1, -0.05) is 17.7 Å². The standard InChI is InChI=1S/C16H28N2O/c1-11-9-12(2)15(13(3)10-11)14(18-17)7-8-16(4,5)19-6/h9-10,14,18H,7-8,17H2,1-6H3. The summed E-state index contributed by atoms with van der Waals surface area (Å²) in [5.41, 5.74) is 8.07. The number of methoxy groups -OCH3 is 1. The molecule has 0 spiro atoms. The topological polar surface area (TPSA) is 47.3 Å². The maximum atomic E-state index is 5.76. The van der Waals surface area contributed by atoms with E-state index in [1.807, 2.05) is 0 Å². The molecule has 0 saturated carbocycles. The molecular weight excluding hydrogens is 236 g/mol. The van der Waals surface area contributed by atoms with Gasteiger partial charge in [0.2, 0.25) is 0 Å². The van der Waals surface area contributed by atoms with Crippen molar-refractivity contribution in [2.24, 2.45) is 5.84 Å². The van der Waals surface area contributed by atoms with Crippen LogP contribution in [0.4, 0.5) is 0 Å². The zero-order chi connectivity index (χ0) is 14.6. The van der Waals surface area contributed by atoms with E-state index in [9.17, 15) is 0 Å². The third kappa shape index (κ3) is 4.30. The molecule has 1 aromatic rings. The Balaban J connectivity index is 2.92. The van der Waals surface area contributed by atoms with Gasteiger partial charge in [0.1, 0.15) is 0 Å². The fraction of sp³-hybridized carbons (Fsp3) is 0.625. The summed E-state index contributed by atoms with van der Waals surface area (Å²) in [6, 6.07) is 4.61. The molecule has 0 radical (unpaired) electrons. The fourth-order valence-corrected chi connectivity index (χ4v) is 2.65. The molecule has 0 aliphatic heterocycles. The summed E-state index contributed by atoms with van der Waals surface area (Å²) in [7, 11) is 1.76. The third-order valence-corrected chi connectivity index (χ3v) is 3.88. The molecule has 0 aliphatic rings. The van der Waals surface area contributed by atoms with Gasteiger partial charge in [-0.2, -0.15) is 0 Å². The van der Waals surface area contributed by atoms with Crippen LogP contribution in [0.25, 0.3) is 0 Å². The van der Waals surface area contributed by atoms with Gasteiger partial charge in [0.25, 0.3) is 0 Å². The van der Waals surface area contributed by atoms with Gasteiger partial charge < -0.3 is 4.74 Å². The number of hydrazine groups is 1. The number of hydrogen-bond acceptors (Lipinski definition) is 3. The molecule has 0 aliphatic carbocycles. The van der Waals surface area contributed by atoms with Gasteiger partial charge in [-0.3, -0.25) is 11.3 Å². The van der Waals surface area contributed by atoms with Crippen molar-refractivity contribution in [1.29, 1.82) is 0 Å². The van der Waals surface area contributed by atoms with Crippen LogP contribution in [0.3, 0.4) is 0 Å². The number of rotatable bonds is 6. The quantitative estimate of drug-likeness (QED) is 0.612. The second-order valence-corrected chi connectivity index (χ2v) is 6.03. The van der Waals surface area contributed by atoms with Crippen molar-refractivity contribution < 1.29 is 4.74 Å². The van der Waals surface area contributed by atoms with E-state index in [-0.39, 0.29) is 11.6 Å². The smallest absolute Gasteiger partial charge is 0.0623 e. The molecule has 3 heteroatoms. The molecule has 1 unspecified atom stereocenters. The van der Waals surface area contributed by atoms with Gasteiger partial charge in [0.05, 0.1) is 5.60 Å². The molecule has 1 rings (SSSR count). The Hall–Kier alpha value is -0.900. The Morgan fingerprint density at radius 2 is 1.74 bits per heavy atom. The lowest BCUT2D eigenvalue weighted by Crippen LogP contribution is -2.32. The Kier molecular flexibility index (Phi) is 5.53. The molecule has 0 fully saturated rings. The van der Waals surface area contributed by atoms with Crippen molar-refractivity contribution in [2.45, 2.75) is 59.1 Å². The Morgan fingerprint density at radius 3 is 2.16 bits per heavy atom. The van der Waals surface area contributed by atoms with Crippen molar-refractivity contribution in [1.82, 2.24) is 5.43 Å². The lowest BCUT2D eigenvalue weighted by atomic mass is 9.89. The van der Waals surface area contributed by atoms with Crippen LogP contribution in [0.1, 0.15) is 55.0 Å². The van der Waals surface area contributed by atoms with Crippen LogP contribution in [0.5, 0.6) is 0 Å². The van der Waals surface area contributed by atoms with E-state index in [1.54, 1.807) is 7.11 Å². The summed E-state index contributed by atoms with van der Waals surface area (Å²) < 4.78 is 5.48. The van der Waals surface area contributed by atoms with Crippen molar-refractivity contribution in [2.75, 3.05) is 7.11 Å². The van der Waals surface area contributed by atoms with Crippen LogP contribution in [-0.2, 0) is 4.74 Å². The SMILES string of the molecule is COC(C)(C)CCC(NN)c1c(C)cc(C)cc1C. The van der Waals surface area contributed by atoms with E-state index in [2.05, 4.69) is 52.2 Å². The third-order valence-electron chi connectivity index (χ3n) is 3.88. The van der Waals surface area contributed by atoms with Crippen LogP contribution in [-0.4, -0.2) is 12.7 Å². The second kappa shape index (κ2) is 6.51. The molecule has 3 nitrogen and oxygen atoms in total. The lowest BCUT2D eigenvalue weighted by molar-refractivity contribution is 0.0116. The summed E-state index contributed by atoms with van der Waals surface area (Å²) in [6.45, 7) is 10.6. The minimum Gasteiger partial charge on any atom is -0.379 e. The number of benzene rings is 1. The van der Waals surface area contributed by atoms with Crippen LogP contribution < -0.4 is 11.3 Å². The molecule has 108 valence electrons. The average molecular weight is 264 g/mol. The van der Waals surface area contributed by atoms with Gasteiger partial charge in [0.15, 0.2) is 0 Å². The number of aryl methyl sites for hydroxylation is 3. The molecule has 0 bridgehead atoms. The van der Waals surface area contributed by atoms with Gasteiger partial charge in [-0.15, -0.1) is 0 Å². The van der Waals surface area contributed by atoms with Crippen molar-refractivity contribution in [3.05, 3.63) is 34.4 Å². The van der Waals surface area contributed by atoms with Crippen LogP contribution >= 0.6 is 0 Å². The minimum atomic E-state index is -0.110. The van der Waals surface area contributed by atoms with E-state index in [0.717, 1.165) is 12.8 Å². The number of hydrogen-bond donors (Lipinski definition) is 2. The van der Waals surface area contributed by atoms with Crippen molar-refractivity contribution >= 4 is 0 Å². The highest BCUT2D eigenvalue weighted by Gasteiger charge is 2.21. The van der Waals surface area contributed by atoms with Crippen molar-refractivity contribution in [3.63, 3.8) is 0 Å². The van der Waals surface area contributed by atoms with Crippen LogP contribution in [0.15, 0.2) is 12.1 Å². The van der Waals surface area contributed by atoms with Crippen LogP contribution in [0.2, 0.25) is 0 Å². The second-order valence-electron chi connectivity index (χ2n) is 6.03. The summed E-state index contributed by atoms with van der Waals surface area (Å²) in [5.74, 6) is 5.76. The Morgan fingerprint density at radius 1 is 1.21 bits per heavy atom. The van der Waals surface area contributed by atoms with Gasteiger partial charge in [-0.05, 0) is 64.2 Å². The predicted molar refractivity (Wildman–Crippen MR) is 81.0 cm³/mol. The first-order valence-corrected chi connectivity index (χ1v) is 6.89. The molecule has 0 saturated heterocycles. The first-order chi connectivity index (χ1) is 8.80. The highest BCUT2D eigenvalue weighted by atomic mass is 16.5. The maximum Gasteiger partial charge on any atom is 0.0623 e. The van der Waals surface area contributed by atoms with E-state index in [0.29, 0.717) is 0 Å². The average Bonchev–Trinajstić information content (AvgIpc) is 2.32. The molecular formula is C16H28N2O. The molecule has 19 heavy (non-hydrogen) atoms. The summed E-state index contributed by atoms with van der Waals surface area (Å²) >= 11 is 0. The van der Waals surface area contributed by atoms with E-state index >= 15 is 0 Å². The van der Waals surface area contributed by atoms with E-state index < -0.39 is 0 Å². The Labute approximate surface area is 117 Å². The Bertz CT molecular complexity index is 404. The zero-order valence-electron chi connectivity index (χ0n) is 13.1. The highest BCUT2D eigenvalue weighted by molar-refractivity contribution is 5.39. The van der Waals surface area contributed by atoms with Crippen LogP contribution in [0, 0.1) is 20.8 Å². The van der Waals surface area contributed by atoms with E-state index in [1.165, 1.54) is 22.3 Å². The predicted octanol–water partition coefficient (Wildman–Crippen LogP) is 3.32. The monoisotopic (exact) mass is 264 g/mol. The number of ether oxygens (including phenoxy) is 1. The van der Waals surface area contributed by atoms with Gasteiger partial charge in [0, 0.05) is 13.2 Å². The molecule has 1 atom stereocenters. The summed E-state index contributed by atoms with van der Waals surface area (Å²) in [4.78, 5) is 0. The molecule has 0 amide bonds. The summed E-state index contributed by atoms with van der Waals surface area (Å²) in [5, 5.41) is 0. The molecule has 0 aromatic heterocycles. The lowest BCUT2D eigenvalue weighted by Gasteiger charge is -2.27. The largest absolute Gasteiger partial charge is 0.379 e. The van der Waals surface area contributed by atoms with Gasteiger partial charge in [-0.25, -0.2) is 0 Å². The highest BCUT2D eigenvalue weighted by Crippen LogP contribution is 2.29. The molecule has 1 aromatic carbocycles. The van der Waals surface area contributed by atoms with Crippen molar-refractivity contribution in [3.8, 4) is 0 Å². The van der Waals surface area contributed by atoms with Gasteiger partial charge >= 0.3 is 0 Å². The number of nitrogens with one attached hydrogen (secondary N) is 1. The minimum absolute atomic E-state index is 0.110. The zero-order valence-corrected chi connectivity index (χ0v) is 13.1. The normalized spacial score (nSPS) is 13.6. The first-order valence-electron chi connectivity index (χ1n) is 6.89. The first kappa shape index (κ1) is 16.2. The fourth-order valence-electron chi connectivity index (χ4n) is 2.65. The molecule has 3 N–H and O–H groups in total. The van der Waals surface area contributed by atoms with E-state index in [4.69, 9.17) is 10.6 Å². The maximum absolute atomic E-state index is 5.76. The molecule has 0 heterocycles. The summed E-state index contributed by atoms with van der Waals surface area (Å²) in [6.07, 6.45) is 1.92. The number of nitrogens with two attached hydrogens (primary N) is 1.